The second-order valence-corrected chi connectivity index (χ2v) is 5.62. The van der Waals surface area contributed by atoms with Crippen LogP contribution in [0.3, 0.4) is 0 Å². The first kappa shape index (κ1) is 15.7. The molecule has 5 nitrogen and oxygen atoms in total. The van der Waals surface area contributed by atoms with Crippen molar-refractivity contribution in [3.8, 4) is 0 Å². The summed E-state index contributed by atoms with van der Waals surface area (Å²) in [6, 6.07) is 0. The Hall–Kier alpha value is -1.65. The summed E-state index contributed by atoms with van der Waals surface area (Å²) in [6.07, 6.45) is 4.42. The van der Waals surface area contributed by atoms with Gasteiger partial charge in [0.05, 0.1) is 13.2 Å². The van der Waals surface area contributed by atoms with Gasteiger partial charge < -0.3 is 9.47 Å². The molecular weight excluding hydrogens is 272 g/mol. The average molecular weight is 294 g/mol. The van der Waals surface area contributed by atoms with Gasteiger partial charge in [0.1, 0.15) is 5.41 Å². The number of ketones is 1. The van der Waals surface area contributed by atoms with Crippen LogP contribution in [0.1, 0.15) is 46.0 Å². The lowest BCUT2D eigenvalue weighted by Gasteiger charge is -2.35. The predicted molar refractivity (Wildman–Crippen MR) is 75.4 cm³/mol. The second-order valence-electron chi connectivity index (χ2n) is 5.62. The number of Topliss-reactive ketones (excluding diaryl/α,β-unsaturated/α-hetero) is 1. The Morgan fingerprint density at radius 1 is 1.29 bits per heavy atom. The summed E-state index contributed by atoms with van der Waals surface area (Å²) in [5.74, 6) is -1.17. The first-order chi connectivity index (χ1) is 10.0. The molecule has 2 atom stereocenters. The third-order valence-electron chi connectivity index (χ3n) is 4.34. The maximum atomic E-state index is 12.7. The molecule has 0 unspecified atom stereocenters. The molecule has 2 rings (SSSR count). The van der Waals surface area contributed by atoms with Crippen LogP contribution in [-0.4, -0.2) is 30.9 Å². The van der Waals surface area contributed by atoms with Gasteiger partial charge >= 0.3 is 11.9 Å². The van der Waals surface area contributed by atoms with E-state index in [1.807, 2.05) is 0 Å². The maximum absolute atomic E-state index is 12.7. The number of esters is 2. The Morgan fingerprint density at radius 3 is 2.67 bits per heavy atom. The van der Waals surface area contributed by atoms with E-state index < -0.39 is 17.4 Å². The Balaban J connectivity index is 2.34. The van der Waals surface area contributed by atoms with Crippen LogP contribution in [0.5, 0.6) is 0 Å². The molecule has 0 heterocycles. The highest BCUT2D eigenvalue weighted by molar-refractivity contribution is 6.07. The Labute approximate surface area is 124 Å². The van der Waals surface area contributed by atoms with E-state index in [1.54, 1.807) is 19.9 Å². The summed E-state index contributed by atoms with van der Waals surface area (Å²) in [6.45, 7) is 3.97. The first-order valence-electron chi connectivity index (χ1n) is 7.62. The lowest BCUT2D eigenvalue weighted by Crippen LogP contribution is -2.46. The van der Waals surface area contributed by atoms with Gasteiger partial charge in [0.15, 0.2) is 5.78 Å². The molecule has 0 N–H and O–H groups in total. The van der Waals surface area contributed by atoms with Crippen LogP contribution in [0.15, 0.2) is 11.6 Å². The number of hydrogen-bond acceptors (Lipinski definition) is 5. The fraction of sp³-hybridized carbons (Fsp3) is 0.688. The molecule has 0 spiro atoms. The van der Waals surface area contributed by atoms with E-state index in [0.29, 0.717) is 18.4 Å². The summed E-state index contributed by atoms with van der Waals surface area (Å²) < 4.78 is 10.2. The highest BCUT2D eigenvalue weighted by Crippen LogP contribution is 2.45. The summed E-state index contributed by atoms with van der Waals surface area (Å²) in [7, 11) is 0. The van der Waals surface area contributed by atoms with Crippen molar-refractivity contribution in [1.82, 2.24) is 0 Å². The summed E-state index contributed by atoms with van der Waals surface area (Å²) >= 11 is 0. The van der Waals surface area contributed by atoms with Gasteiger partial charge in [0.2, 0.25) is 0 Å². The highest BCUT2D eigenvalue weighted by Gasteiger charge is 2.53. The van der Waals surface area contributed by atoms with Crippen LogP contribution in [0.4, 0.5) is 0 Å². The van der Waals surface area contributed by atoms with Gasteiger partial charge in [-0.15, -0.1) is 0 Å². The molecule has 0 aromatic carbocycles. The summed E-state index contributed by atoms with van der Waals surface area (Å²) in [4.78, 5) is 37.1. The van der Waals surface area contributed by atoms with Gasteiger partial charge in [-0.25, -0.2) is 4.79 Å². The van der Waals surface area contributed by atoms with Crippen molar-refractivity contribution in [2.45, 2.75) is 46.0 Å². The molecule has 1 saturated carbocycles. The van der Waals surface area contributed by atoms with Crippen molar-refractivity contribution < 1.29 is 23.9 Å². The SMILES string of the molecule is CCOC(=O)C1=CC[C@H]2CCC[C@@](C(=O)OCC)(C1)C2=O. The third kappa shape index (κ3) is 2.87. The van der Waals surface area contributed by atoms with Gasteiger partial charge in [0, 0.05) is 17.9 Å². The zero-order valence-electron chi connectivity index (χ0n) is 12.6. The fourth-order valence-corrected chi connectivity index (χ4v) is 3.30. The van der Waals surface area contributed by atoms with E-state index in [1.165, 1.54) is 0 Å². The minimum absolute atomic E-state index is 0.0669. The van der Waals surface area contributed by atoms with Crippen LogP contribution < -0.4 is 0 Å². The molecule has 0 amide bonds. The van der Waals surface area contributed by atoms with E-state index >= 15 is 0 Å². The molecule has 0 aliphatic heterocycles. The molecule has 2 aliphatic rings. The van der Waals surface area contributed by atoms with Gasteiger partial charge in [-0.05, 0) is 33.1 Å². The molecule has 0 aromatic rings. The minimum atomic E-state index is -1.19. The topological polar surface area (TPSA) is 69.7 Å². The molecular formula is C16H22O5. The summed E-state index contributed by atoms with van der Waals surface area (Å²) in [5.41, 5.74) is -0.753. The lowest BCUT2D eigenvalue weighted by molar-refractivity contribution is -0.164. The normalized spacial score (nSPS) is 28.4. The lowest BCUT2D eigenvalue weighted by atomic mass is 9.66. The molecule has 0 radical (unpaired) electrons. The van der Waals surface area contributed by atoms with Gasteiger partial charge in [-0.2, -0.15) is 0 Å². The molecule has 116 valence electrons. The Kier molecular flexibility index (Phi) is 4.80. The Bertz CT molecular complexity index is 479. The number of allylic oxidation sites excluding steroid dienone is 1. The highest BCUT2D eigenvalue weighted by atomic mass is 16.5. The van der Waals surface area contributed by atoms with Crippen LogP contribution in [-0.2, 0) is 23.9 Å². The molecule has 21 heavy (non-hydrogen) atoms. The number of fused-ring (bicyclic) bond motifs is 2. The van der Waals surface area contributed by atoms with Crippen LogP contribution in [0.2, 0.25) is 0 Å². The minimum Gasteiger partial charge on any atom is -0.465 e. The van der Waals surface area contributed by atoms with Gasteiger partial charge in [0.25, 0.3) is 0 Å². The molecule has 2 aliphatic carbocycles. The summed E-state index contributed by atoms with van der Waals surface area (Å²) in [5, 5.41) is 0. The molecule has 2 bridgehead atoms. The van der Waals surface area contributed by atoms with Crippen molar-refractivity contribution >= 4 is 17.7 Å². The van der Waals surface area contributed by atoms with Crippen molar-refractivity contribution in [1.29, 1.82) is 0 Å². The van der Waals surface area contributed by atoms with E-state index in [9.17, 15) is 14.4 Å². The monoisotopic (exact) mass is 294 g/mol. The quantitative estimate of drug-likeness (QED) is 0.587. The van der Waals surface area contributed by atoms with Gasteiger partial charge in [-0.3, -0.25) is 9.59 Å². The molecule has 5 heteroatoms. The fourth-order valence-electron chi connectivity index (χ4n) is 3.30. The molecule has 0 aromatic heterocycles. The number of rotatable bonds is 4. The number of hydrogen-bond donors (Lipinski definition) is 0. The average Bonchev–Trinajstić information content (AvgIpc) is 2.54. The Morgan fingerprint density at radius 2 is 2.00 bits per heavy atom. The molecule has 0 saturated heterocycles. The van der Waals surface area contributed by atoms with Gasteiger partial charge in [-0.1, -0.05) is 12.5 Å². The smallest absolute Gasteiger partial charge is 0.333 e. The largest absolute Gasteiger partial charge is 0.465 e. The predicted octanol–water partition coefficient (Wildman–Crippen LogP) is 2.19. The number of carbonyl (C=O) groups is 3. The van der Waals surface area contributed by atoms with E-state index in [4.69, 9.17) is 9.47 Å². The van der Waals surface area contributed by atoms with E-state index in [-0.39, 0.29) is 31.3 Å². The van der Waals surface area contributed by atoms with E-state index in [2.05, 4.69) is 0 Å². The number of ether oxygens (including phenoxy) is 2. The van der Waals surface area contributed by atoms with Crippen molar-refractivity contribution in [2.75, 3.05) is 13.2 Å². The zero-order chi connectivity index (χ0) is 15.5. The third-order valence-corrected chi connectivity index (χ3v) is 4.34. The van der Waals surface area contributed by atoms with E-state index in [0.717, 1.165) is 12.8 Å². The first-order valence-corrected chi connectivity index (χ1v) is 7.62. The molecule has 1 fully saturated rings. The zero-order valence-corrected chi connectivity index (χ0v) is 12.6. The maximum Gasteiger partial charge on any atom is 0.333 e. The van der Waals surface area contributed by atoms with Crippen molar-refractivity contribution in [3.63, 3.8) is 0 Å². The number of carbonyl (C=O) groups excluding carboxylic acids is 3. The van der Waals surface area contributed by atoms with Crippen LogP contribution in [0, 0.1) is 11.3 Å². The van der Waals surface area contributed by atoms with Crippen LogP contribution in [0.25, 0.3) is 0 Å². The van der Waals surface area contributed by atoms with Crippen LogP contribution >= 0.6 is 0 Å². The van der Waals surface area contributed by atoms with Crippen molar-refractivity contribution in [2.24, 2.45) is 11.3 Å². The second kappa shape index (κ2) is 6.41. The van der Waals surface area contributed by atoms with Crippen molar-refractivity contribution in [3.05, 3.63) is 11.6 Å². The standard InChI is InChI=1S/C16H22O5/c1-3-20-14(18)12-8-7-11-6-5-9-16(10-12,13(11)17)15(19)21-4-2/h8,11H,3-7,9-10H2,1-2H3/t11-,16-/m1/s1.